The Hall–Kier alpha value is -1.68. The fourth-order valence-electron chi connectivity index (χ4n) is 4.03. The van der Waals surface area contributed by atoms with E-state index >= 15 is 0 Å². The second-order valence-electron chi connectivity index (χ2n) is 7.74. The van der Waals surface area contributed by atoms with Gasteiger partial charge in [-0.05, 0) is 49.8 Å². The molecule has 0 radical (unpaired) electrons. The summed E-state index contributed by atoms with van der Waals surface area (Å²) < 4.78 is 0. The second kappa shape index (κ2) is 8.61. The predicted molar refractivity (Wildman–Crippen MR) is 106 cm³/mol. The Balaban J connectivity index is 1.53. The third-order valence-electron chi connectivity index (χ3n) is 5.62. The summed E-state index contributed by atoms with van der Waals surface area (Å²) in [6.45, 7) is 0.875. The highest BCUT2D eigenvalue weighted by atomic mass is 15.1. The number of para-hydroxylation sites is 1. The highest BCUT2D eigenvalue weighted by Gasteiger charge is 2.19. The van der Waals surface area contributed by atoms with E-state index in [1.54, 1.807) is 0 Å². The molecule has 4 nitrogen and oxygen atoms in total. The minimum Gasteiger partial charge on any atom is -0.362 e. The van der Waals surface area contributed by atoms with Gasteiger partial charge in [0.1, 0.15) is 11.6 Å². The van der Waals surface area contributed by atoms with Gasteiger partial charge in [-0.1, -0.05) is 37.8 Å². The molecule has 25 heavy (non-hydrogen) atoms. The Morgan fingerprint density at radius 3 is 2.44 bits per heavy atom. The van der Waals surface area contributed by atoms with E-state index in [1.807, 2.05) is 0 Å². The molecule has 136 valence electrons. The van der Waals surface area contributed by atoms with Crippen molar-refractivity contribution in [3.05, 3.63) is 30.1 Å². The molecule has 1 saturated carbocycles. The van der Waals surface area contributed by atoms with E-state index in [2.05, 4.69) is 43.3 Å². The Bertz CT molecular complexity index is 675. The normalized spacial score (nSPS) is 20.8. The van der Waals surface area contributed by atoms with E-state index in [1.165, 1.54) is 44.9 Å². The first-order chi connectivity index (χ1) is 12.2. The SMILES string of the molecule is CN(C)c1nc(CCCCC2CCC(CN)CC2)nc2ccccc12. The Morgan fingerprint density at radius 1 is 1.00 bits per heavy atom. The molecule has 3 rings (SSSR count). The molecular weight excluding hydrogens is 308 g/mol. The monoisotopic (exact) mass is 340 g/mol. The van der Waals surface area contributed by atoms with Crippen molar-refractivity contribution in [2.24, 2.45) is 17.6 Å². The third kappa shape index (κ3) is 4.69. The molecular formula is C21H32N4. The van der Waals surface area contributed by atoms with Crippen LogP contribution in [0.1, 0.15) is 50.8 Å². The Morgan fingerprint density at radius 2 is 1.72 bits per heavy atom. The molecule has 4 heteroatoms. The summed E-state index contributed by atoms with van der Waals surface area (Å²) >= 11 is 0. The van der Waals surface area contributed by atoms with Crippen LogP contribution in [0.3, 0.4) is 0 Å². The first-order valence-corrected chi connectivity index (χ1v) is 9.80. The molecule has 1 aromatic heterocycles. The fourth-order valence-corrected chi connectivity index (χ4v) is 4.03. The number of hydrogen-bond acceptors (Lipinski definition) is 4. The van der Waals surface area contributed by atoms with Gasteiger partial charge >= 0.3 is 0 Å². The van der Waals surface area contributed by atoms with Crippen LogP contribution in [0.2, 0.25) is 0 Å². The standard InChI is InChI=1S/C21H32N4/c1-25(2)21-18-8-4-5-9-19(18)23-20(24-21)10-6-3-7-16-11-13-17(15-22)14-12-16/h4-5,8-9,16-17H,3,6-7,10-15,22H2,1-2H3. The van der Waals surface area contributed by atoms with Crippen molar-refractivity contribution in [2.75, 3.05) is 25.5 Å². The smallest absolute Gasteiger partial charge is 0.139 e. The molecule has 0 bridgehead atoms. The molecule has 1 aliphatic rings. The van der Waals surface area contributed by atoms with Crippen molar-refractivity contribution in [2.45, 2.75) is 51.4 Å². The lowest BCUT2D eigenvalue weighted by atomic mass is 9.80. The van der Waals surface area contributed by atoms with Crippen molar-refractivity contribution in [1.29, 1.82) is 0 Å². The Kier molecular flexibility index (Phi) is 6.24. The van der Waals surface area contributed by atoms with Gasteiger partial charge in [0.25, 0.3) is 0 Å². The summed E-state index contributed by atoms with van der Waals surface area (Å²) in [5.41, 5.74) is 6.84. The van der Waals surface area contributed by atoms with Crippen LogP contribution in [0.25, 0.3) is 10.9 Å². The van der Waals surface area contributed by atoms with Crippen molar-refractivity contribution in [3.8, 4) is 0 Å². The van der Waals surface area contributed by atoms with Crippen molar-refractivity contribution in [3.63, 3.8) is 0 Å². The van der Waals surface area contributed by atoms with Gasteiger partial charge in [0.2, 0.25) is 0 Å². The minimum atomic E-state index is 0.784. The van der Waals surface area contributed by atoms with Gasteiger partial charge in [0, 0.05) is 25.9 Å². The fraction of sp³-hybridized carbons (Fsp3) is 0.619. The maximum atomic E-state index is 5.79. The topological polar surface area (TPSA) is 55.0 Å². The number of rotatable bonds is 7. The summed E-state index contributed by atoms with van der Waals surface area (Å²) in [6.07, 6.45) is 10.2. The highest BCUT2D eigenvalue weighted by Crippen LogP contribution is 2.31. The molecule has 0 unspecified atom stereocenters. The Labute approximate surface area is 151 Å². The number of fused-ring (bicyclic) bond motifs is 1. The van der Waals surface area contributed by atoms with Crippen LogP contribution < -0.4 is 10.6 Å². The predicted octanol–water partition coefficient (Wildman–Crippen LogP) is 4.17. The number of aromatic nitrogens is 2. The number of hydrogen-bond donors (Lipinski definition) is 1. The lowest BCUT2D eigenvalue weighted by Gasteiger charge is -2.27. The molecule has 0 amide bonds. The first kappa shape index (κ1) is 18.1. The van der Waals surface area contributed by atoms with Gasteiger partial charge in [-0.15, -0.1) is 0 Å². The van der Waals surface area contributed by atoms with Crippen LogP contribution in [0, 0.1) is 11.8 Å². The maximum Gasteiger partial charge on any atom is 0.139 e. The summed E-state index contributed by atoms with van der Waals surface area (Å²) in [7, 11) is 4.10. The van der Waals surface area contributed by atoms with Crippen LogP contribution in [-0.4, -0.2) is 30.6 Å². The average molecular weight is 341 g/mol. The zero-order valence-electron chi connectivity index (χ0n) is 15.7. The van der Waals surface area contributed by atoms with Crippen LogP contribution in [0.4, 0.5) is 5.82 Å². The van der Waals surface area contributed by atoms with E-state index < -0.39 is 0 Å². The van der Waals surface area contributed by atoms with E-state index in [-0.39, 0.29) is 0 Å². The number of benzene rings is 1. The van der Waals surface area contributed by atoms with Gasteiger partial charge in [-0.2, -0.15) is 0 Å². The van der Waals surface area contributed by atoms with E-state index in [9.17, 15) is 0 Å². The summed E-state index contributed by atoms with van der Waals surface area (Å²) in [4.78, 5) is 11.7. The number of nitrogens with two attached hydrogens (primary N) is 1. The second-order valence-corrected chi connectivity index (χ2v) is 7.74. The van der Waals surface area contributed by atoms with Gasteiger partial charge in [0.15, 0.2) is 0 Å². The van der Waals surface area contributed by atoms with Gasteiger partial charge in [-0.25, -0.2) is 9.97 Å². The number of aryl methyl sites for hydroxylation is 1. The van der Waals surface area contributed by atoms with Crippen molar-refractivity contribution < 1.29 is 0 Å². The molecule has 0 spiro atoms. The summed E-state index contributed by atoms with van der Waals surface area (Å²) in [6, 6.07) is 8.30. The van der Waals surface area contributed by atoms with E-state index in [0.29, 0.717) is 0 Å². The largest absolute Gasteiger partial charge is 0.362 e. The number of unbranched alkanes of at least 4 members (excludes halogenated alkanes) is 1. The number of anilines is 1. The number of nitrogens with zero attached hydrogens (tertiary/aromatic N) is 3. The van der Waals surface area contributed by atoms with Crippen LogP contribution in [0.5, 0.6) is 0 Å². The molecule has 1 aromatic carbocycles. The van der Waals surface area contributed by atoms with Gasteiger partial charge < -0.3 is 10.6 Å². The van der Waals surface area contributed by atoms with Crippen molar-refractivity contribution >= 4 is 16.7 Å². The first-order valence-electron chi connectivity index (χ1n) is 9.80. The average Bonchev–Trinajstić information content (AvgIpc) is 2.65. The van der Waals surface area contributed by atoms with Crippen molar-refractivity contribution in [1.82, 2.24) is 9.97 Å². The molecule has 1 heterocycles. The maximum absolute atomic E-state index is 5.79. The summed E-state index contributed by atoms with van der Waals surface area (Å²) in [5.74, 6) is 3.71. The van der Waals surface area contributed by atoms with E-state index in [0.717, 1.165) is 47.3 Å². The molecule has 2 N–H and O–H groups in total. The van der Waals surface area contributed by atoms with Crippen LogP contribution in [-0.2, 0) is 6.42 Å². The molecule has 2 aromatic rings. The molecule has 1 fully saturated rings. The van der Waals surface area contributed by atoms with Gasteiger partial charge in [0.05, 0.1) is 5.52 Å². The highest BCUT2D eigenvalue weighted by molar-refractivity contribution is 5.89. The lowest BCUT2D eigenvalue weighted by molar-refractivity contribution is 0.263. The van der Waals surface area contributed by atoms with Crippen LogP contribution >= 0.6 is 0 Å². The molecule has 0 saturated heterocycles. The minimum absolute atomic E-state index is 0.784. The lowest BCUT2D eigenvalue weighted by Crippen LogP contribution is -2.21. The quantitative estimate of drug-likeness (QED) is 0.769. The van der Waals surface area contributed by atoms with Gasteiger partial charge in [-0.3, -0.25) is 0 Å². The van der Waals surface area contributed by atoms with Crippen LogP contribution in [0.15, 0.2) is 24.3 Å². The zero-order chi connectivity index (χ0) is 17.6. The molecule has 0 aliphatic heterocycles. The molecule has 1 aliphatic carbocycles. The molecule has 0 atom stereocenters. The summed E-state index contributed by atoms with van der Waals surface area (Å²) in [5, 5.41) is 1.13. The zero-order valence-corrected chi connectivity index (χ0v) is 15.7. The third-order valence-corrected chi connectivity index (χ3v) is 5.62. The van der Waals surface area contributed by atoms with E-state index in [4.69, 9.17) is 15.7 Å².